The maximum atomic E-state index is 12.4. The van der Waals surface area contributed by atoms with Gasteiger partial charge in [-0.3, -0.25) is 9.59 Å². The molecule has 1 N–H and O–H groups in total. The molecule has 22 heavy (non-hydrogen) atoms. The fourth-order valence-electron chi connectivity index (χ4n) is 3.11. The zero-order chi connectivity index (χ0) is 16.1. The average molecular weight is 308 g/mol. The summed E-state index contributed by atoms with van der Waals surface area (Å²) in [5.74, 6) is 0.382. The molecule has 1 aliphatic carbocycles. The van der Waals surface area contributed by atoms with Gasteiger partial charge in [0, 0.05) is 13.0 Å². The highest BCUT2D eigenvalue weighted by Gasteiger charge is 2.29. The molecule has 0 unspecified atom stereocenters. The first-order chi connectivity index (χ1) is 10.5. The van der Waals surface area contributed by atoms with Gasteiger partial charge in [0.15, 0.2) is 5.89 Å². The van der Waals surface area contributed by atoms with E-state index in [-0.39, 0.29) is 30.1 Å². The van der Waals surface area contributed by atoms with E-state index in [0.29, 0.717) is 17.5 Å². The highest BCUT2D eigenvalue weighted by Crippen LogP contribution is 2.28. The van der Waals surface area contributed by atoms with Crippen molar-refractivity contribution < 1.29 is 18.7 Å². The molecule has 2 rings (SSSR count). The summed E-state index contributed by atoms with van der Waals surface area (Å²) < 4.78 is 10.1. The zero-order valence-corrected chi connectivity index (χ0v) is 13.5. The van der Waals surface area contributed by atoms with Crippen LogP contribution in [0.25, 0.3) is 0 Å². The molecule has 1 aliphatic rings. The maximum Gasteiger partial charge on any atom is 0.307 e. The number of hydrogen-bond acceptors (Lipinski definition) is 5. The quantitative estimate of drug-likeness (QED) is 0.845. The Balaban J connectivity index is 2.09. The molecule has 1 amide bonds. The monoisotopic (exact) mass is 308 g/mol. The average Bonchev–Trinajstić information content (AvgIpc) is 2.86. The number of amides is 1. The minimum atomic E-state index is -0.308. The first-order valence-electron chi connectivity index (χ1n) is 7.83. The molecule has 1 heterocycles. The van der Waals surface area contributed by atoms with Gasteiger partial charge in [0.25, 0.3) is 5.91 Å². The van der Waals surface area contributed by atoms with Gasteiger partial charge in [-0.05, 0) is 25.7 Å². The molecule has 6 nitrogen and oxygen atoms in total. The second-order valence-electron chi connectivity index (χ2n) is 5.91. The summed E-state index contributed by atoms with van der Waals surface area (Å²) in [5.41, 5.74) is 0.565. The highest BCUT2D eigenvalue weighted by molar-refractivity contribution is 5.92. The van der Waals surface area contributed by atoms with Gasteiger partial charge in [0.05, 0.1) is 19.2 Å². The predicted octanol–water partition coefficient (Wildman–Crippen LogP) is 2.53. The number of hydrogen-bond donors (Lipinski definition) is 1. The third-order valence-electron chi connectivity index (χ3n) is 4.26. The van der Waals surface area contributed by atoms with Gasteiger partial charge in [0.1, 0.15) is 0 Å². The van der Waals surface area contributed by atoms with Gasteiger partial charge in [-0.15, -0.1) is 0 Å². The van der Waals surface area contributed by atoms with Crippen molar-refractivity contribution in [3.63, 3.8) is 0 Å². The first kappa shape index (κ1) is 16.5. The Morgan fingerprint density at radius 1 is 1.32 bits per heavy atom. The van der Waals surface area contributed by atoms with E-state index in [0.717, 1.165) is 25.7 Å². The molecule has 0 bridgehead atoms. The summed E-state index contributed by atoms with van der Waals surface area (Å²) in [5, 5.41) is 2.95. The van der Waals surface area contributed by atoms with Crippen LogP contribution < -0.4 is 5.32 Å². The van der Waals surface area contributed by atoms with Crippen molar-refractivity contribution in [2.75, 3.05) is 7.11 Å². The Morgan fingerprint density at radius 2 is 2.00 bits per heavy atom. The molecule has 0 aromatic carbocycles. The number of aryl methyl sites for hydroxylation is 2. The Hall–Kier alpha value is -1.85. The lowest BCUT2D eigenvalue weighted by atomic mass is 9.82. The second-order valence-corrected chi connectivity index (χ2v) is 5.91. The number of carbonyl (C=O) groups excluding carboxylic acids is 2. The van der Waals surface area contributed by atoms with Gasteiger partial charge in [0.2, 0.25) is 5.76 Å². The van der Waals surface area contributed by atoms with Crippen LogP contribution in [-0.4, -0.2) is 30.0 Å². The molecule has 1 fully saturated rings. The number of methoxy groups -OCH3 is 1. The summed E-state index contributed by atoms with van der Waals surface area (Å²) in [7, 11) is 1.37. The third kappa shape index (κ3) is 4.08. The molecular formula is C16H24N2O4. The van der Waals surface area contributed by atoms with Crippen LogP contribution in [-0.2, 0) is 9.53 Å². The fourth-order valence-corrected chi connectivity index (χ4v) is 3.11. The molecule has 1 atom stereocenters. The van der Waals surface area contributed by atoms with Crippen molar-refractivity contribution in [2.24, 2.45) is 5.92 Å². The summed E-state index contributed by atoms with van der Waals surface area (Å²) >= 11 is 0. The summed E-state index contributed by atoms with van der Waals surface area (Å²) in [6.45, 7) is 3.44. The zero-order valence-electron chi connectivity index (χ0n) is 13.5. The SMILES string of the molecule is COC(=O)C[C@@H](NC(=O)c1oc(C)nc1C)C1CCCCC1. The van der Waals surface area contributed by atoms with Crippen LogP contribution >= 0.6 is 0 Å². The van der Waals surface area contributed by atoms with E-state index in [2.05, 4.69) is 10.3 Å². The number of nitrogens with one attached hydrogen (secondary N) is 1. The van der Waals surface area contributed by atoms with Gasteiger partial charge in [-0.1, -0.05) is 19.3 Å². The van der Waals surface area contributed by atoms with Crippen LogP contribution in [0.2, 0.25) is 0 Å². The van der Waals surface area contributed by atoms with E-state index < -0.39 is 0 Å². The molecule has 0 saturated heterocycles. The lowest BCUT2D eigenvalue weighted by Crippen LogP contribution is -2.42. The minimum absolute atomic E-state index is 0.194. The maximum absolute atomic E-state index is 12.4. The Morgan fingerprint density at radius 3 is 2.55 bits per heavy atom. The third-order valence-corrected chi connectivity index (χ3v) is 4.26. The van der Waals surface area contributed by atoms with Crippen LogP contribution in [0.3, 0.4) is 0 Å². The van der Waals surface area contributed by atoms with Crippen LogP contribution in [0.1, 0.15) is 60.7 Å². The number of nitrogens with zero attached hydrogens (tertiary/aromatic N) is 1. The molecule has 0 aliphatic heterocycles. The Kier molecular flexibility index (Phi) is 5.57. The molecule has 122 valence electrons. The normalized spacial score (nSPS) is 17.0. The predicted molar refractivity (Wildman–Crippen MR) is 80.4 cm³/mol. The minimum Gasteiger partial charge on any atom is -0.469 e. The van der Waals surface area contributed by atoms with Crippen molar-refractivity contribution in [2.45, 2.75) is 58.4 Å². The number of aromatic nitrogens is 1. The standard InChI is InChI=1S/C16H24N2O4/c1-10-15(22-11(2)17-10)16(20)18-13(9-14(19)21-3)12-7-5-4-6-8-12/h12-13H,4-9H2,1-3H3,(H,18,20)/t13-/m1/s1. The molecule has 0 spiro atoms. The summed E-state index contributed by atoms with van der Waals surface area (Å²) in [6.07, 6.45) is 5.74. The van der Waals surface area contributed by atoms with Gasteiger partial charge < -0.3 is 14.5 Å². The van der Waals surface area contributed by atoms with E-state index in [4.69, 9.17) is 9.15 Å². The topological polar surface area (TPSA) is 81.4 Å². The van der Waals surface area contributed by atoms with Crippen molar-refractivity contribution in [3.05, 3.63) is 17.3 Å². The highest BCUT2D eigenvalue weighted by atomic mass is 16.5. The molecule has 1 aromatic heterocycles. The molecular weight excluding hydrogens is 284 g/mol. The molecule has 1 aromatic rings. The van der Waals surface area contributed by atoms with E-state index in [1.54, 1.807) is 13.8 Å². The molecule has 6 heteroatoms. The van der Waals surface area contributed by atoms with E-state index in [1.807, 2.05) is 0 Å². The van der Waals surface area contributed by atoms with Gasteiger partial charge >= 0.3 is 5.97 Å². The fraction of sp³-hybridized carbons (Fsp3) is 0.688. The lowest BCUT2D eigenvalue weighted by Gasteiger charge is -2.30. The second kappa shape index (κ2) is 7.42. The largest absolute Gasteiger partial charge is 0.469 e. The summed E-state index contributed by atoms with van der Waals surface area (Å²) in [6, 6.07) is -0.218. The van der Waals surface area contributed by atoms with Crippen molar-refractivity contribution in [3.8, 4) is 0 Å². The van der Waals surface area contributed by atoms with Gasteiger partial charge in [-0.25, -0.2) is 4.98 Å². The summed E-state index contributed by atoms with van der Waals surface area (Å²) in [4.78, 5) is 28.2. The van der Waals surface area contributed by atoms with E-state index in [1.165, 1.54) is 13.5 Å². The number of oxazole rings is 1. The van der Waals surface area contributed by atoms with Crippen molar-refractivity contribution >= 4 is 11.9 Å². The van der Waals surface area contributed by atoms with Crippen LogP contribution in [0.4, 0.5) is 0 Å². The van der Waals surface area contributed by atoms with E-state index >= 15 is 0 Å². The smallest absolute Gasteiger partial charge is 0.307 e. The van der Waals surface area contributed by atoms with Crippen molar-refractivity contribution in [1.82, 2.24) is 10.3 Å². The number of carbonyl (C=O) groups is 2. The molecule has 1 saturated carbocycles. The number of ether oxygens (including phenoxy) is 1. The number of rotatable bonds is 5. The van der Waals surface area contributed by atoms with Gasteiger partial charge in [-0.2, -0.15) is 0 Å². The van der Waals surface area contributed by atoms with Crippen molar-refractivity contribution in [1.29, 1.82) is 0 Å². The van der Waals surface area contributed by atoms with E-state index in [9.17, 15) is 9.59 Å². The Bertz CT molecular complexity index is 532. The lowest BCUT2D eigenvalue weighted by molar-refractivity contribution is -0.141. The molecule has 0 radical (unpaired) electrons. The number of esters is 1. The van der Waals surface area contributed by atoms with Crippen LogP contribution in [0.15, 0.2) is 4.42 Å². The van der Waals surface area contributed by atoms with Crippen LogP contribution in [0.5, 0.6) is 0 Å². The Labute approximate surface area is 130 Å². The first-order valence-corrected chi connectivity index (χ1v) is 7.83. The van der Waals surface area contributed by atoms with Crippen LogP contribution in [0, 0.1) is 19.8 Å².